The number of anilines is 2. The molecule has 1 aromatic carbocycles. The highest BCUT2D eigenvalue weighted by atomic mass is 79.9. The van der Waals surface area contributed by atoms with Crippen molar-refractivity contribution in [3.63, 3.8) is 0 Å². The van der Waals surface area contributed by atoms with Crippen LogP contribution in [-0.4, -0.2) is 11.5 Å². The van der Waals surface area contributed by atoms with E-state index in [4.69, 9.17) is 5.73 Å². The Bertz CT molecular complexity index is 510. The number of aromatic nitrogens is 1. The number of hydrogen-bond acceptors (Lipinski definition) is 4. The fourth-order valence-corrected chi connectivity index (χ4v) is 2.64. The molecule has 0 aliphatic rings. The molecule has 0 aliphatic carbocycles. The van der Waals surface area contributed by atoms with Crippen LogP contribution in [0.2, 0.25) is 0 Å². The van der Waals surface area contributed by atoms with E-state index in [-0.39, 0.29) is 0 Å². The Morgan fingerprint density at radius 2 is 2.29 bits per heavy atom. The zero-order valence-electron chi connectivity index (χ0n) is 9.53. The van der Waals surface area contributed by atoms with Crippen LogP contribution in [0.3, 0.4) is 0 Å². The Morgan fingerprint density at radius 1 is 1.47 bits per heavy atom. The number of nitrogen functional groups attached to an aromatic ring is 1. The second-order valence-electron chi connectivity index (χ2n) is 3.79. The largest absolute Gasteiger partial charge is 0.397 e. The Labute approximate surface area is 113 Å². The predicted octanol–water partition coefficient (Wildman–Crippen LogP) is 3.45. The Kier molecular flexibility index (Phi) is 4.02. The number of aryl methyl sites for hydroxylation is 1. The molecular formula is C12H14BrN3S. The topological polar surface area (TPSA) is 50.9 Å². The lowest BCUT2D eigenvalue weighted by molar-refractivity contribution is 0.987. The molecule has 0 amide bonds. The second kappa shape index (κ2) is 5.51. The Hall–Kier alpha value is -1.07. The summed E-state index contributed by atoms with van der Waals surface area (Å²) >= 11 is 5.13. The lowest BCUT2D eigenvalue weighted by atomic mass is 10.2. The van der Waals surface area contributed by atoms with Crippen molar-refractivity contribution in [2.45, 2.75) is 13.3 Å². The van der Waals surface area contributed by atoms with Gasteiger partial charge in [0.2, 0.25) is 0 Å². The normalized spacial score (nSPS) is 10.5. The van der Waals surface area contributed by atoms with E-state index < -0.39 is 0 Å². The maximum Gasteiger partial charge on any atom is 0.0945 e. The van der Waals surface area contributed by atoms with E-state index in [0.717, 1.165) is 39.5 Å². The zero-order chi connectivity index (χ0) is 12.3. The zero-order valence-corrected chi connectivity index (χ0v) is 11.9. The first-order chi connectivity index (χ1) is 8.15. The van der Waals surface area contributed by atoms with Gasteiger partial charge in [0.1, 0.15) is 0 Å². The van der Waals surface area contributed by atoms with Gasteiger partial charge >= 0.3 is 0 Å². The Balaban J connectivity index is 1.91. The van der Waals surface area contributed by atoms with E-state index in [1.807, 2.05) is 25.1 Å². The number of halogens is 1. The molecule has 17 heavy (non-hydrogen) atoms. The summed E-state index contributed by atoms with van der Waals surface area (Å²) in [6.45, 7) is 2.85. The van der Waals surface area contributed by atoms with Gasteiger partial charge in [0, 0.05) is 28.5 Å². The van der Waals surface area contributed by atoms with Gasteiger partial charge in [0.25, 0.3) is 0 Å². The molecule has 0 saturated carbocycles. The summed E-state index contributed by atoms with van der Waals surface area (Å²) in [4.78, 5) is 4.42. The van der Waals surface area contributed by atoms with Gasteiger partial charge in [0.05, 0.1) is 16.4 Å². The van der Waals surface area contributed by atoms with Gasteiger partial charge in [-0.05, 0) is 25.1 Å². The van der Waals surface area contributed by atoms with E-state index in [9.17, 15) is 0 Å². The first-order valence-corrected chi connectivity index (χ1v) is 7.02. The predicted molar refractivity (Wildman–Crippen MR) is 77.6 cm³/mol. The third kappa shape index (κ3) is 3.44. The standard InChI is InChI=1S/C12H14BrN3S/c1-8-7-17-12(16-8)4-5-15-11-6-9(13)2-3-10(11)14/h2-3,6-7,15H,4-5,14H2,1H3. The first kappa shape index (κ1) is 12.4. The van der Waals surface area contributed by atoms with Crippen molar-refractivity contribution in [2.75, 3.05) is 17.6 Å². The van der Waals surface area contributed by atoms with Crippen molar-refractivity contribution in [2.24, 2.45) is 0 Å². The molecule has 90 valence electrons. The number of nitrogens with two attached hydrogens (primary N) is 1. The van der Waals surface area contributed by atoms with Crippen molar-refractivity contribution >= 4 is 38.6 Å². The first-order valence-electron chi connectivity index (χ1n) is 5.35. The monoisotopic (exact) mass is 311 g/mol. The van der Waals surface area contributed by atoms with Gasteiger partial charge in [-0.3, -0.25) is 0 Å². The molecule has 3 N–H and O–H groups in total. The van der Waals surface area contributed by atoms with Gasteiger partial charge in [-0.25, -0.2) is 4.98 Å². The molecule has 0 spiro atoms. The van der Waals surface area contributed by atoms with Crippen molar-refractivity contribution < 1.29 is 0 Å². The van der Waals surface area contributed by atoms with Crippen molar-refractivity contribution in [3.05, 3.63) is 38.8 Å². The van der Waals surface area contributed by atoms with Crippen molar-refractivity contribution in [1.29, 1.82) is 0 Å². The Morgan fingerprint density at radius 3 is 3.00 bits per heavy atom. The molecule has 0 aliphatic heterocycles. The number of benzene rings is 1. The molecule has 0 fully saturated rings. The van der Waals surface area contributed by atoms with E-state index in [1.54, 1.807) is 11.3 Å². The average molecular weight is 312 g/mol. The second-order valence-corrected chi connectivity index (χ2v) is 5.65. The highest BCUT2D eigenvalue weighted by Crippen LogP contribution is 2.23. The number of thiazole rings is 1. The lowest BCUT2D eigenvalue weighted by Crippen LogP contribution is -2.06. The van der Waals surface area contributed by atoms with E-state index in [0.29, 0.717) is 0 Å². The summed E-state index contributed by atoms with van der Waals surface area (Å²) < 4.78 is 1.03. The molecule has 1 heterocycles. The SMILES string of the molecule is Cc1csc(CCNc2cc(Br)ccc2N)n1. The van der Waals surface area contributed by atoms with E-state index >= 15 is 0 Å². The van der Waals surface area contributed by atoms with Crippen molar-refractivity contribution in [3.8, 4) is 0 Å². The van der Waals surface area contributed by atoms with Gasteiger partial charge in [0.15, 0.2) is 0 Å². The summed E-state index contributed by atoms with van der Waals surface area (Å²) in [6, 6.07) is 5.81. The van der Waals surface area contributed by atoms with Crippen LogP contribution in [0, 0.1) is 6.92 Å². The molecule has 3 nitrogen and oxygen atoms in total. The number of rotatable bonds is 4. The van der Waals surface area contributed by atoms with Crippen LogP contribution in [-0.2, 0) is 6.42 Å². The number of nitrogens with one attached hydrogen (secondary N) is 1. The molecule has 0 unspecified atom stereocenters. The molecule has 1 aromatic heterocycles. The minimum atomic E-state index is 0.767. The lowest BCUT2D eigenvalue weighted by Gasteiger charge is -2.08. The molecule has 0 radical (unpaired) electrons. The summed E-state index contributed by atoms with van der Waals surface area (Å²) in [5, 5.41) is 6.55. The minimum absolute atomic E-state index is 0.767. The van der Waals surface area contributed by atoms with Gasteiger partial charge in [-0.2, -0.15) is 0 Å². The number of nitrogens with zero attached hydrogens (tertiary/aromatic N) is 1. The molecule has 5 heteroatoms. The highest BCUT2D eigenvalue weighted by Gasteiger charge is 2.01. The smallest absolute Gasteiger partial charge is 0.0945 e. The molecule has 2 aromatic rings. The quantitative estimate of drug-likeness (QED) is 0.850. The third-order valence-corrected chi connectivity index (χ3v) is 3.86. The van der Waals surface area contributed by atoms with Crippen LogP contribution in [0.4, 0.5) is 11.4 Å². The van der Waals surface area contributed by atoms with Crippen LogP contribution in [0.5, 0.6) is 0 Å². The van der Waals surface area contributed by atoms with Gasteiger partial charge in [-0.1, -0.05) is 15.9 Å². The molecule has 2 rings (SSSR count). The van der Waals surface area contributed by atoms with Crippen LogP contribution in [0.15, 0.2) is 28.1 Å². The summed E-state index contributed by atoms with van der Waals surface area (Å²) in [5.74, 6) is 0. The number of hydrogen-bond donors (Lipinski definition) is 2. The molecule has 0 bridgehead atoms. The molecule has 0 atom stereocenters. The summed E-state index contributed by atoms with van der Waals surface area (Å²) in [6.07, 6.45) is 0.921. The van der Waals surface area contributed by atoms with Crippen LogP contribution in [0.25, 0.3) is 0 Å². The fraction of sp³-hybridized carbons (Fsp3) is 0.250. The average Bonchev–Trinajstić information content (AvgIpc) is 2.69. The maximum absolute atomic E-state index is 5.88. The van der Waals surface area contributed by atoms with Crippen LogP contribution >= 0.6 is 27.3 Å². The summed E-state index contributed by atoms with van der Waals surface area (Å²) in [7, 11) is 0. The van der Waals surface area contributed by atoms with Gasteiger partial charge in [-0.15, -0.1) is 11.3 Å². The third-order valence-electron chi connectivity index (χ3n) is 2.34. The molecular weight excluding hydrogens is 298 g/mol. The van der Waals surface area contributed by atoms with Crippen LogP contribution < -0.4 is 11.1 Å². The summed E-state index contributed by atoms with van der Waals surface area (Å²) in [5.41, 5.74) is 8.70. The molecule has 0 saturated heterocycles. The van der Waals surface area contributed by atoms with E-state index in [2.05, 4.69) is 31.6 Å². The maximum atomic E-state index is 5.88. The minimum Gasteiger partial charge on any atom is -0.397 e. The highest BCUT2D eigenvalue weighted by molar-refractivity contribution is 9.10. The van der Waals surface area contributed by atoms with Crippen LogP contribution in [0.1, 0.15) is 10.7 Å². The van der Waals surface area contributed by atoms with E-state index in [1.165, 1.54) is 0 Å². The van der Waals surface area contributed by atoms with Crippen molar-refractivity contribution in [1.82, 2.24) is 4.98 Å². The fourth-order valence-electron chi connectivity index (χ4n) is 1.50. The van der Waals surface area contributed by atoms with Gasteiger partial charge < -0.3 is 11.1 Å².